The van der Waals surface area contributed by atoms with Crippen LogP contribution in [0, 0.1) is 0 Å². The molecule has 1 atom stereocenters. The molecule has 2 aromatic carbocycles. The first-order valence-corrected chi connectivity index (χ1v) is 6.40. The third kappa shape index (κ3) is 4.47. The average molecular weight is 254 g/mol. The van der Waals surface area contributed by atoms with E-state index in [0.29, 0.717) is 0 Å². The van der Waals surface area contributed by atoms with Gasteiger partial charge in [0.05, 0.1) is 0 Å². The first-order valence-electron chi connectivity index (χ1n) is 6.40. The minimum atomic E-state index is -0.172. The molecule has 0 saturated heterocycles. The van der Waals surface area contributed by atoms with Crippen LogP contribution < -0.4 is 10.6 Å². The van der Waals surface area contributed by atoms with Crippen molar-refractivity contribution in [2.45, 2.75) is 19.4 Å². The fourth-order valence-electron chi connectivity index (χ4n) is 1.93. The molecule has 0 unspecified atom stereocenters. The van der Waals surface area contributed by atoms with Crippen molar-refractivity contribution in [3.63, 3.8) is 0 Å². The van der Waals surface area contributed by atoms with Crippen LogP contribution in [0.3, 0.4) is 0 Å². The molecule has 0 aliphatic rings. The van der Waals surface area contributed by atoms with E-state index < -0.39 is 0 Å². The molecule has 0 radical (unpaired) electrons. The van der Waals surface area contributed by atoms with Gasteiger partial charge in [0.15, 0.2) is 0 Å². The van der Waals surface area contributed by atoms with E-state index in [1.807, 2.05) is 55.5 Å². The summed E-state index contributed by atoms with van der Waals surface area (Å²) in [4.78, 5) is 11.8. The van der Waals surface area contributed by atoms with Crippen LogP contribution in [0.15, 0.2) is 60.7 Å². The molecule has 2 rings (SSSR count). The topological polar surface area (TPSA) is 41.1 Å². The van der Waals surface area contributed by atoms with Gasteiger partial charge < -0.3 is 10.6 Å². The standard InChI is InChI=1S/C16H18N2O/c1-13(12-14-8-4-2-5-9-14)17-16(19)18-15-10-6-3-7-11-15/h2-11,13H,12H2,1H3,(H2,17,18,19)/t13-/m0/s1. The molecule has 0 bridgehead atoms. The first kappa shape index (κ1) is 13.1. The molecule has 3 nitrogen and oxygen atoms in total. The molecule has 0 saturated carbocycles. The van der Waals surface area contributed by atoms with Crippen molar-refractivity contribution in [2.24, 2.45) is 0 Å². The molecule has 0 aliphatic carbocycles. The molecule has 2 N–H and O–H groups in total. The third-order valence-corrected chi connectivity index (χ3v) is 2.79. The number of anilines is 1. The van der Waals surface area contributed by atoms with E-state index in [1.54, 1.807) is 0 Å². The van der Waals surface area contributed by atoms with Gasteiger partial charge in [0.2, 0.25) is 0 Å². The average Bonchev–Trinajstić information content (AvgIpc) is 2.40. The van der Waals surface area contributed by atoms with Crippen molar-refractivity contribution in [2.75, 3.05) is 5.32 Å². The second kappa shape index (κ2) is 6.59. The Bertz CT molecular complexity index is 511. The predicted octanol–water partition coefficient (Wildman–Crippen LogP) is 3.44. The lowest BCUT2D eigenvalue weighted by molar-refractivity contribution is 0.249. The molecule has 19 heavy (non-hydrogen) atoms. The third-order valence-electron chi connectivity index (χ3n) is 2.79. The van der Waals surface area contributed by atoms with Gasteiger partial charge in [-0.2, -0.15) is 0 Å². The maximum absolute atomic E-state index is 11.8. The number of amides is 2. The van der Waals surface area contributed by atoms with Gasteiger partial charge in [-0.3, -0.25) is 0 Å². The Labute approximate surface area is 113 Å². The highest BCUT2D eigenvalue weighted by Crippen LogP contribution is 2.06. The second-order valence-electron chi connectivity index (χ2n) is 4.56. The minimum absolute atomic E-state index is 0.0890. The van der Waals surface area contributed by atoms with E-state index in [-0.39, 0.29) is 12.1 Å². The Morgan fingerprint density at radius 1 is 1.00 bits per heavy atom. The number of urea groups is 1. The van der Waals surface area contributed by atoms with E-state index in [4.69, 9.17) is 0 Å². The minimum Gasteiger partial charge on any atom is -0.335 e. The number of carbonyl (C=O) groups is 1. The maximum atomic E-state index is 11.8. The summed E-state index contributed by atoms with van der Waals surface area (Å²) in [6.07, 6.45) is 0.822. The largest absolute Gasteiger partial charge is 0.335 e. The molecule has 0 spiro atoms. The number of hydrogen-bond donors (Lipinski definition) is 2. The van der Waals surface area contributed by atoms with Crippen molar-refractivity contribution in [1.82, 2.24) is 5.32 Å². The molecule has 0 fully saturated rings. The second-order valence-corrected chi connectivity index (χ2v) is 4.56. The van der Waals surface area contributed by atoms with Gasteiger partial charge >= 0.3 is 6.03 Å². The highest BCUT2D eigenvalue weighted by atomic mass is 16.2. The summed E-state index contributed by atoms with van der Waals surface area (Å²) >= 11 is 0. The smallest absolute Gasteiger partial charge is 0.319 e. The summed E-state index contributed by atoms with van der Waals surface area (Å²) < 4.78 is 0. The van der Waals surface area contributed by atoms with Crippen LogP contribution in [0.5, 0.6) is 0 Å². The molecule has 2 amide bonds. The van der Waals surface area contributed by atoms with Gasteiger partial charge in [-0.05, 0) is 31.0 Å². The van der Waals surface area contributed by atoms with Gasteiger partial charge in [0.1, 0.15) is 0 Å². The predicted molar refractivity (Wildman–Crippen MR) is 78.2 cm³/mol. The Kier molecular flexibility index (Phi) is 4.56. The van der Waals surface area contributed by atoms with E-state index in [9.17, 15) is 4.79 Å². The van der Waals surface area contributed by atoms with E-state index >= 15 is 0 Å². The van der Waals surface area contributed by atoms with Crippen LogP contribution in [-0.2, 0) is 6.42 Å². The lowest BCUT2D eigenvalue weighted by atomic mass is 10.1. The maximum Gasteiger partial charge on any atom is 0.319 e. The highest BCUT2D eigenvalue weighted by molar-refractivity contribution is 5.89. The zero-order valence-corrected chi connectivity index (χ0v) is 11.0. The van der Waals surface area contributed by atoms with Crippen molar-refractivity contribution in [3.05, 3.63) is 66.2 Å². The van der Waals surface area contributed by atoms with Crippen LogP contribution in [0.25, 0.3) is 0 Å². The molecule has 3 heteroatoms. The first-order chi connectivity index (χ1) is 9.24. The van der Waals surface area contributed by atoms with E-state index in [1.165, 1.54) is 5.56 Å². The Morgan fingerprint density at radius 2 is 1.58 bits per heavy atom. The van der Waals surface area contributed by atoms with Gasteiger partial charge in [-0.1, -0.05) is 48.5 Å². The zero-order chi connectivity index (χ0) is 13.5. The van der Waals surface area contributed by atoms with E-state index in [0.717, 1.165) is 12.1 Å². The normalized spacial score (nSPS) is 11.6. The van der Waals surface area contributed by atoms with Gasteiger partial charge in [-0.15, -0.1) is 0 Å². The molecular formula is C16H18N2O. The summed E-state index contributed by atoms with van der Waals surface area (Å²) in [5.74, 6) is 0. The molecule has 0 aliphatic heterocycles. The summed E-state index contributed by atoms with van der Waals surface area (Å²) in [5.41, 5.74) is 2.02. The van der Waals surface area contributed by atoms with Crippen LogP contribution in [-0.4, -0.2) is 12.1 Å². The lowest BCUT2D eigenvalue weighted by Gasteiger charge is -2.14. The van der Waals surface area contributed by atoms with Crippen LogP contribution in [0.4, 0.5) is 10.5 Å². The Hall–Kier alpha value is -2.29. The molecule has 0 heterocycles. The SMILES string of the molecule is C[C@@H](Cc1ccccc1)NC(=O)Nc1ccccc1. The van der Waals surface area contributed by atoms with Crippen LogP contribution >= 0.6 is 0 Å². The molecule has 0 aromatic heterocycles. The summed E-state index contributed by atoms with van der Waals surface area (Å²) in [6.45, 7) is 2.00. The fourth-order valence-corrected chi connectivity index (χ4v) is 1.93. The number of benzene rings is 2. The van der Waals surface area contributed by atoms with E-state index in [2.05, 4.69) is 22.8 Å². The van der Waals surface area contributed by atoms with Crippen molar-refractivity contribution >= 4 is 11.7 Å². The monoisotopic (exact) mass is 254 g/mol. The quantitative estimate of drug-likeness (QED) is 0.862. The summed E-state index contributed by atoms with van der Waals surface area (Å²) in [7, 11) is 0. The van der Waals surface area contributed by atoms with Crippen molar-refractivity contribution < 1.29 is 4.79 Å². The Morgan fingerprint density at radius 3 is 2.21 bits per heavy atom. The molecule has 98 valence electrons. The van der Waals surface area contributed by atoms with Crippen molar-refractivity contribution in [3.8, 4) is 0 Å². The number of hydrogen-bond acceptors (Lipinski definition) is 1. The zero-order valence-electron chi connectivity index (χ0n) is 11.0. The number of nitrogens with one attached hydrogen (secondary N) is 2. The van der Waals surface area contributed by atoms with Crippen LogP contribution in [0.2, 0.25) is 0 Å². The van der Waals surface area contributed by atoms with Gasteiger partial charge in [0, 0.05) is 11.7 Å². The number of carbonyl (C=O) groups excluding carboxylic acids is 1. The number of para-hydroxylation sites is 1. The Balaban J connectivity index is 1.82. The number of rotatable bonds is 4. The fraction of sp³-hybridized carbons (Fsp3) is 0.188. The van der Waals surface area contributed by atoms with Crippen LogP contribution in [0.1, 0.15) is 12.5 Å². The van der Waals surface area contributed by atoms with Crippen molar-refractivity contribution in [1.29, 1.82) is 0 Å². The summed E-state index contributed by atoms with van der Waals surface area (Å²) in [5, 5.41) is 5.74. The van der Waals surface area contributed by atoms with Gasteiger partial charge in [-0.25, -0.2) is 4.79 Å². The summed E-state index contributed by atoms with van der Waals surface area (Å²) in [6, 6.07) is 19.5. The highest BCUT2D eigenvalue weighted by Gasteiger charge is 2.07. The molecular weight excluding hydrogens is 236 g/mol. The van der Waals surface area contributed by atoms with Gasteiger partial charge in [0.25, 0.3) is 0 Å². The lowest BCUT2D eigenvalue weighted by Crippen LogP contribution is -2.37. The molecule has 2 aromatic rings.